The molecule has 0 aromatic carbocycles. The first-order valence-corrected chi connectivity index (χ1v) is 5.92. The van der Waals surface area contributed by atoms with Gasteiger partial charge in [0.05, 0.1) is 10.7 Å². The summed E-state index contributed by atoms with van der Waals surface area (Å²) < 4.78 is 0. The highest BCUT2D eigenvalue weighted by molar-refractivity contribution is 7.15. The van der Waals surface area contributed by atoms with E-state index < -0.39 is 0 Å². The second-order valence-electron chi connectivity index (χ2n) is 4.20. The van der Waals surface area contributed by atoms with Crippen LogP contribution >= 0.6 is 11.3 Å². The molecular weight excluding hydrogens is 180 g/mol. The number of nitrogens with two attached hydrogens (primary N) is 1. The fraction of sp³-hybridized carbons (Fsp3) is 0.700. The highest BCUT2D eigenvalue weighted by atomic mass is 32.1. The standard InChI is InChI=1S/C10H14N2S/c11-9-8(6-2-1-3-6)12-10(13-9)7-4-5-7/h6-7H,1-5,11H2. The maximum Gasteiger partial charge on any atom is 0.110 e. The average molecular weight is 194 g/mol. The molecular formula is C10H14N2S. The third-order valence-corrected chi connectivity index (χ3v) is 4.18. The first kappa shape index (κ1) is 7.80. The zero-order valence-corrected chi connectivity index (χ0v) is 8.44. The van der Waals surface area contributed by atoms with E-state index in [1.54, 1.807) is 11.3 Å². The van der Waals surface area contributed by atoms with Crippen LogP contribution in [0.25, 0.3) is 0 Å². The van der Waals surface area contributed by atoms with Crippen molar-refractivity contribution in [3.8, 4) is 0 Å². The molecule has 0 atom stereocenters. The first-order valence-electron chi connectivity index (χ1n) is 5.10. The Labute approximate surface area is 82.2 Å². The number of nitrogens with zero attached hydrogens (tertiary/aromatic N) is 1. The van der Waals surface area contributed by atoms with Crippen LogP contribution in [-0.4, -0.2) is 4.98 Å². The van der Waals surface area contributed by atoms with Gasteiger partial charge in [0.25, 0.3) is 0 Å². The molecule has 0 bridgehead atoms. The highest BCUT2D eigenvalue weighted by Gasteiger charge is 2.31. The Balaban J connectivity index is 1.90. The number of hydrogen-bond donors (Lipinski definition) is 1. The van der Waals surface area contributed by atoms with Crippen molar-refractivity contribution in [2.24, 2.45) is 0 Å². The largest absolute Gasteiger partial charge is 0.389 e. The second-order valence-corrected chi connectivity index (χ2v) is 5.27. The number of thiazole rings is 1. The molecule has 70 valence electrons. The quantitative estimate of drug-likeness (QED) is 0.786. The third kappa shape index (κ3) is 1.26. The molecule has 3 rings (SSSR count). The van der Waals surface area contributed by atoms with E-state index in [4.69, 9.17) is 5.73 Å². The van der Waals surface area contributed by atoms with Crippen molar-refractivity contribution in [2.45, 2.75) is 43.9 Å². The highest BCUT2D eigenvalue weighted by Crippen LogP contribution is 2.47. The second kappa shape index (κ2) is 2.71. The third-order valence-electron chi connectivity index (χ3n) is 3.12. The Hall–Kier alpha value is -0.570. The summed E-state index contributed by atoms with van der Waals surface area (Å²) in [5.74, 6) is 1.46. The predicted octanol–water partition coefficient (Wildman–Crippen LogP) is 2.87. The first-order chi connectivity index (χ1) is 6.34. The Morgan fingerprint density at radius 2 is 1.92 bits per heavy atom. The SMILES string of the molecule is Nc1sc(C2CC2)nc1C1CCC1. The van der Waals surface area contributed by atoms with Crippen LogP contribution in [-0.2, 0) is 0 Å². The van der Waals surface area contributed by atoms with Crippen LogP contribution in [0.1, 0.15) is 54.6 Å². The molecule has 3 heteroatoms. The molecule has 2 fully saturated rings. The van der Waals surface area contributed by atoms with Crippen LogP contribution in [0.2, 0.25) is 0 Å². The smallest absolute Gasteiger partial charge is 0.110 e. The van der Waals surface area contributed by atoms with Gasteiger partial charge in [0.1, 0.15) is 5.00 Å². The number of rotatable bonds is 2. The summed E-state index contributed by atoms with van der Waals surface area (Å²) >= 11 is 1.73. The lowest BCUT2D eigenvalue weighted by Crippen LogP contribution is -2.10. The molecule has 2 nitrogen and oxygen atoms in total. The van der Waals surface area contributed by atoms with Crippen molar-refractivity contribution in [2.75, 3.05) is 5.73 Å². The molecule has 2 saturated carbocycles. The van der Waals surface area contributed by atoms with E-state index in [0.29, 0.717) is 5.92 Å². The van der Waals surface area contributed by atoms with Gasteiger partial charge in [-0.3, -0.25) is 0 Å². The van der Waals surface area contributed by atoms with E-state index in [-0.39, 0.29) is 0 Å². The molecule has 0 saturated heterocycles. The van der Waals surface area contributed by atoms with Crippen LogP contribution in [0.5, 0.6) is 0 Å². The van der Waals surface area contributed by atoms with E-state index in [9.17, 15) is 0 Å². The molecule has 0 unspecified atom stereocenters. The van der Waals surface area contributed by atoms with E-state index in [2.05, 4.69) is 4.98 Å². The molecule has 2 aliphatic carbocycles. The van der Waals surface area contributed by atoms with Crippen LogP contribution in [0.15, 0.2) is 0 Å². The van der Waals surface area contributed by atoms with Crippen molar-refractivity contribution < 1.29 is 0 Å². The van der Waals surface area contributed by atoms with Gasteiger partial charge in [-0.05, 0) is 25.7 Å². The summed E-state index contributed by atoms with van der Waals surface area (Å²) in [6, 6.07) is 0. The van der Waals surface area contributed by atoms with Crippen molar-refractivity contribution in [1.82, 2.24) is 4.98 Å². The molecule has 13 heavy (non-hydrogen) atoms. The Morgan fingerprint density at radius 3 is 2.46 bits per heavy atom. The Kier molecular flexibility index (Phi) is 1.62. The minimum atomic E-state index is 0.698. The summed E-state index contributed by atoms with van der Waals surface area (Å²) in [6.45, 7) is 0. The topological polar surface area (TPSA) is 38.9 Å². The molecule has 0 radical (unpaired) electrons. The van der Waals surface area contributed by atoms with E-state index in [1.165, 1.54) is 42.8 Å². The molecule has 2 aliphatic rings. The van der Waals surface area contributed by atoms with E-state index in [1.807, 2.05) is 0 Å². The number of anilines is 1. The Bertz CT molecular complexity index is 324. The monoisotopic (exact) mass is 194 g/mol. The van der Waals surface area contributed by atoms with Gasteiger partial charge >= 0.3 is 0 Å². The van der Waals surface area contributed by atoms with Gasteiger partial charge in [0, 0.05) is 11.8 Å². The van der Waals surface area contributed by atoms with Gasteiger partial charge < -0.3 is 5.73 Å². The minimum absolute atomic E-state index is 0.698. The maximum atomic E-state index is 5.97. The lowest BCUT2D eigenvalue weighted by Gasteiger charge is -2.23. The van der Waals surface area contributed by atoms with Gasteiger partial charge in [-0.1, -0.05) is 6.42 Å². The van der Waals surface area contributed by atoms with Gasteiger partial charge in [-0.15, -0.1) is 11.3 Å². The molecule has 1 heterocycles. The summed E-state index contributed by atoms with van der Waals surface area (Å²) in [5, 5.41) is 2.30. The van der Waals surface area contributed by atoms with Crippen molar-refractivity contribution in [3.05, 3.63) is 10.7 Å². The predicted molar refractivity (Wildman–Crippen MR) is 55.1 cm³/mol. The minimum Gasteiger partial charge on any atom is -0.389 e. The zero-order chi connectivity index (χ0) is 8.84. The molecule has 0 aliphatic heterocycles. The normalized spacial score (nSPS) is 23.1. The van der Waals surface area contributed by atoms with Gasteiger partial charge in [0.2, 0.25) is 0 Å². The van der Waals surface area contributed by atoms with Gasteiger partial charge in [-0.2, -0.15) is 0 Å². The number of hydrogen-bond acceptors (Lipinski definition) is 3. The lowest BCUT2D eigenvalue weighted by atomic mass is 9.83. The summed E-state index contributed by atoms with van der Waals surface area (Å²) in [7, 11) is 0. The van der Waals surface area contributed by atoms with Gasteiger partial charge in [-0.25, -0.2) is 4.98 Å². The summed E-state index contributed by atoms with van der Waals surface area (Å²) in [5.41, 5.74) is 7.19. The Morgan fingerprint density at radius 1 is 1.15 bits per heavy atom. The van der Waals surface area contributed by atoms with Crippen LogP contribution < -0.4 is 5.73 Å². The van der Waals surface area contributed by atoms with Crippen LogP contribution in [0, 0.1) is 0 Å². The van der Waals surface area contributed by atoms with E-state index >= 15 is 0 Å². The molecule has 1 aromatic rings. The fourth-order valence-corrected chi connectivity index (χ4v) is 2.93. The van der Waals surface area contributed by atoms with Crippen molar-refractivity contribution in [3.63, 3.8) is 0 Å². The van der Waals surface area contributed by atoms with Crippen molar-refractivity contribution in [1.29, 1.82) is 0 Å². The number of aromatic nitrogens is 1. The summed E-state index contributed by atoms with van der Waals surface area (Å²) in [4.78, 5) is 4.69. The number of nitrogen functional groups attached to an aromatic ring is 1. The lowest BCUT2D eigenvalue weighted by molar-refractivity contribution is 0.413. The fourth-order valence-electron chi connectivity index (χ4n) is 1.84. The van der Waals surface area contributed by atoms with Gasteiger partial charge in [0.15, 0.2) is 0 Å². The molecule has 1 aromatic heterocycles. The van der Waals surface area contributed by atoms with Crippen LogP contribution in [0.3, 0.4) is 0 Å². The summed E-state index contributed by atoms with van der Waals surface area (Å²) in [6.07, 6.45) is 6.63. The maximum absolute atomic E-state index is 5.97. The molecule has 0 amide bonds. The zero-order valence-electron chi connectivity index (χ0n) is 7.62. The molecule has 0 spiro atoms. The van der Waals surface area contributed by atoms with E-state index in [0.717, 1.165) is 10.9 Å². The van der Waals surface area contributed by atoms with Crippen LogP contribution in [0.4, 0.5) is 5.00 Å². The average Bonchev–Trinajstić information content (AvgIpc) is 2.76. The molecule has 2 N–H and O–H groups in total. The van der Waals surface area contributed by atoms with Crippen molar-refractivity contribution >= 4 is 16.3 Å².